The average molecular weight is 209 g/mol. The second kappa shape index (κ2) is 3.48. The summed E-state index contributed by atoms with van der Waals surface area (Å²) in [5.41, 5.74) is 0. The van der Waals surface area contributed by atoms with Gasteiger partial charge in [0, 0.05) is 19.0 Å². The van der Waals surface area contributed by atoms with Crippen molar-refractivity contribution in [2.45, 2.75) is 38.2 Å². The van der Waals surface area contributed by atoms with E-state index < -0.39 is 0 Å². The number of hydrogen-bond acceptors (Lipinski definition) is 2. The lowest BCUT2D eigenvalue weighted by Crippen LogP contribution is -2.44. The fourth-order valence-electron chi connectivity index (χ4n) is 3.33. The molecule has 84 valence electrons. The molecule has 1 amide bonds. The lowest BCUT2D eigenvalue weighted by molar-refractivity contribution is -0.138. The number of hydrogen-bond donors (Lipinski definition) is 1. The van der Waals surface area contributed by atoms with E-state index in [1.807, 2.05) is 4.90 Å². The molecule has 3 fully saturated rings. The van der Waals surface area contributed by atoms with E-state index in [-0.39, 0.29) is 6.10 Å². The molecule has 0 aromatic rings. The van der Waals surface area contributed by atoms with E-state index in [1.165, 1.54) is 6.42 Å². The van der Waals surface area contributed by atoms with Gasteiger partial charge in [-0.2, -0.15) is 0 Å². The summed E-state index contributed by atoms with van der Waals surface area (Å²) in [5, 5.41) is 9.54. The fraction of sp³-hybridized carbons (Fsp3) is 0.917. The Bertz CT molecular complexity index is 269. The topological polar surface area (TPSA) is 40.5 Å². The Balaban J connectivity index is 1.59. The number of β-amino-alcohol motifs (C(OH)–C–C–N with tert-alkyl or cyclic N) is 1. The van der Waals surface area contributed by atoms with Crippen LogP contribution in [0.5, 0.6) is 0 Å². The van der Waals surface area contributed by atoms with Gasteiger partial charge < -0.3 is 10.0 Å². The Kier molecular flexibility index (Phi) is 2.23. The Hall–Kier alpha value is -0.570. The molecular formula is C12H19NO2. The smallest absolute Gasteiger partial charge is 0.225 e. The summed E-state index contributed by atoms with van der Waals surface area (Å²) < 4.78 is 0. The molecule has 3 heteroatoms. The molecule has 1 saturated heterocycles. The standard InChI is InChI=1S/C12H19NO2/c14-11-2-1-3-13(7-11)12(15)10-5-8-4-9(8)6-10/h8-11,14H,1-7H2. The number of nitrogens with zero attached hydrogens (tertiary/aromatic N) is 1. The number of carbonyl (C=O) groups excluding carboxylic acids is 1. The van der Waals surface area contributed by atoms with Crippen LogP contribution in [-0.4, -0.2) is 35.1 Å². The summed E-state index contributed by atoms with van der Waals surface area (Å²) in [5.74, 6) is 2.35. The molecular weight excluding hydrogens is 190 g/mol. The third kappa shape index (κ3) is 1.78. The van der Waals surface area contributed by atoms with Crippen LogP contribution in [0.3, 0.4) is 0 Å². The van der Waals surface area contributed by atoms with Crippen molar-refractivity contribution in [2.24, 2.45) is 17.8 Å². The number of carbonyl (C=O) groups is 1. The maximum Gasteiger partial charge on any atom is 0.225 e. The molecule has 15 heavy (non-hydrogen) atoms. The second-order valence-electron chi connectivity index (χ2n) is 5.50. The highest BCUT2D eigenvalue weighted by Crippen LogP contribution is 2.54. The Labute approximate surface area is 90.5 Å². The highest BCUT2D eigenvalue weighted by molar-refractivity contribution is 5.79. The number of piperidine rings is 1. The van der Waals surface area contributed by atoms with Crippen LogP contribution >= 0.6 is 0 Å². The summed E-state index contributed by atoms with van der Waals surface area (Å²) in [7, 11) is 0. The highest BCUT2D eigenvalue weighted by atomic mass is 16.3. The number of likely N-dealkylation sites (tertiary alicyclic amines) is 1. The van der Waals surface area contributed by atoms with Crippen LogP contribution in [-0.2, 0) is 4.79 Å². The summed E-state index contributed by atoms with van der Waals surface area (Å²) >= 11 is 0. The molecule has 1 aliphatic heterocycles. The molecule has 0 aromatic carbocycles. The van der Waals surface area contributed by atoms with Crippen LogP contribution in [0.25, 0.3) is 0 Å². The minimum atomic E-state index is -0.279. The second-order valence-corrected chi connectivity index (χ2v) is 5.50. The van der Waals surface area contributed by atoms with E-state index in [1.54, 1.807) is 0 Å². The van der Waals surface area contributed by atoms with E-state index in [2.05, 4.69) is 0 Å². The molecule has 0 bridgehead atoms. The maximum absolute atomic E-state index is 12.1. The van der Waals surface area contributed by atoms with Crippen molar-refractivity contribution in [2.75, 3.05) is 13.1 Å². The van der Waals surface area contributed by atoms with Crippen molar-refractivity contribution in [3.8, 4) is 0 Å². The van der Waals surface area contributed by atoms with Gasteiger partial charge >= 0.3 is 0 Å². The van der Waals surface area contributed by atoms with Gasteiger partial charge in [0.15, 0.2) is 0 Å². The minimum absolute atomic E-state index is 0.279. The molecule has 0 aromatic heterocycles. The van der Waals surface area contributed by atoms with Crippen molar-refractivity contribution < 1.29 is 9.90 Å². The van der Waals surface area contributed by atoms with Crippen molar-refractivity contribution in [3.63, 3.8) is 0 Å². The van der Waals surface area contributed by atoms with E-state index in [9.17, 15) is 9.90 Å². The molecule has 1 N–H and O–H groups in total. The third-order valence-corrected chi connectivity index (χ3v) is 4.30. The van der Waals surface area contributed by atoms with Crippen LogP contribution in [0.4, 0.5) is 0 Å². The van der Waals surface area contributed by atoms with Crippen LogP contribution in [0, 0.1) is 17.8 Å². The lowest BCUT2D eigenvalue weighted by Gasteiger charge is -2.32. The number of rotatable bonds is 1. The number of aliphatic hydroxyl groups is 1. The SMILES string of the molecule is O=C(C1CC2CC2C1)N1CCCC(O)C1. The van der Waals surface area contributed by atoms with Gasteiger partial charge in [-0.05, 0) is 43.9 Å². The number of aliphatic hydroxyl groups excluding tert-OH is 1. The van der Waals surface area contributed by atoms with Gasteiger partial charge in [0.25, 0.3) is 0 Å². The van der Waals surface area contributed by atoms with Gasteiger partial charge in [-0.15, -0.1) is 0 Å². The van der Waals surface area contributed by atoms with Crippen LogP contribution < -0.4 is 0 Å². The fourth-order valence-corrected chi connectivity index (χ4v) is 3.33. The predicted molar refractivity (Wildman–Crippen MR) is 56.1 cm³/mol. The molecule has 1 heterocycles. The Morgan fingerprint density at radius 1 is 1.20 bits per heavy atom. The van der Waals surface area contributed by atoms with Crippen LogP contribution in [0.15, 0.2) is 0 Å². The van der Waals surface area contributed by atoms with Crippen LogP contribution in [0.2, 0.25) is 0 Å². The maximum atomic E-state index is 12.1. The van der Waals surface area contributed by atoms with Gasteiger partial charge in [-0.25, -0.2) is 0 Å². The van der Waals surface area contributed by atoms with E-state index in [4.69, 9.17) is 0 Å². The van der Waals surface area contributed by atoms with Crippen molar-refractivity contribution in [3.05, 3.63) is 0 Å². The molecule has 3 aliphatic rings. The third-order valence-electron chi connectivity index (χ3n) is 4.30. The van der Waals surface area contributed by atoms with Crippen molar-refractivity contribution >= 4 is 5.91 Å². The zero-order valence-corrected chi connectivity index (χ0v) is 9.06. The molecule has 3 nitrogen and oxygen atoms in total. The van der Waals surface area contributed by atoms with E-state index in [0.717, 1.165) is 44.1 Å². The Morgan fingerprint density at radius 2 is 1.93 bits per heavy atom. The molecule has 2 aliphatic carbocycles. The van der Waals surface area contributed by atoms with Gasteiger partial charge in [0.2, 0.25) is 5.91 Å². The summed E-state index contributed by atoms with van der Waals surface area (Å²) in [6.45, 7) is 1.44. The molecule has 2 saturated carbocycles. The quantitative estimate of drug-likeness (QED) is 0.700. The monoisotopic (exact) mass is 209 g/mol. The van der Waals surface area contributed by atoms with Gasteiger partial charge in [0.05, 0.1) is 6.10 Å². The molecule has 3 atom stereocenters. The first-order valence-electron chi connectivity index (χ1n) is 6.21. The number of fused-ring (bicyclic) bond motifs is 1. The van der Waals surface area contributed by atoms with Gasteiger partial charge in [-0.1, -0.05) is 0 Å². The first-order valence-corrected chi connectivity index (χ1v) is 6.21. The van der Waals surface area contributed by atoms with Gasteiger partial charge in [0.1, 0.15) is 0 Å². The van der Waals surface area contributed by atoms with Crippen molar-refractivity contribution in [1.82, 2.24) is 4.90 Å². The molecule has 0 spiro atoms. The summed E-state index contributed by atoms with van der Waals surface area (Å²) in [6, 6.07) is 0. The average Bonchev–Trinajstić information content (AvgIpc) is 2.85. The minimum Gasteiger partial charge on any atom is -0.391 e. The van der Waals surface area contributed by atoms with Crippen molar-refractivity contribution in [1.29, 1.82) is 0 Å². The first kappa shape index (κ1) is 9.64. The van der Waals surface area contributed by atoms with E-state index in [0.29, 0.717) is 18.4 Å². The predicted octanol–water partition coefficient (Wildman–Crippen LogP) is 1.02. The van der Waals surface area contributed by atoms with Gasteiger partial charge in [-0.3, -0.25) is 4.79 Å². The zero-order valence-electron chi connectivity index (χ0n) is 9.06. The first-order chi connectivity index (χ1) is 7.24. The highest BCUT2D eigenvalue weighted by Gasteiger charge is 2.48. The number of amides is 1. The largest absolute Gasteiger partial charge is 0.391 e. The van der Waals surface area contributed by atoms with E-state index >= 15 is 0 Å². The molecule has 0 radical (unpaired) electrons. The summed E-state index contributed by atoms with van der Waals surface area (Å²) in [6.07, 6.45) is 5.16. The molecule has 3 unspecified atom stereocenters. The zero-order chi connectivity index (χ0) is 10.4. The lowest BCUT2D eigenvalue weighted by atomic mass is 9.99. The van der Waals surface area contributed by atoms with Crippen LogP contribution in [0.1, 0.15) is 32.1 Å². The Morgan fingerprint density at radius 3 is 2.60 bits per heavy atom. The molecule has 3 rings (SSSR count). The summed E-state index contributed by atoms with van der Waals surface area (Å²) in [4.78, 5) is 14.0. The normalized spacial score (nSPS) is 43.9.